The molecule has 0 aromatic heterocycles. The Balaban J connectivity index is 0.00000225. The van der Waals surface area contributed by atoms with Gasteiger partial charge in [-0.25, -0.2) is 0 Å². The lowest BCUT2D eigenvalue weighted by Crippen LogP contribution is -2.44. The number of nitrogens with one attached hydrogen (secondary N) is 1. The van der Waals surface area contributed by atoms with Crippen molar-refractivity contribution in [1.82, 2.24) is 10.2 Å². The molecule has 1 N–H and O–H groups in total. The van der Waals surface area contributed by atoms with Gasteiger partial charge in [0.25, 0.3) is 0 Å². The fraction of sp³-hybridized carbons (Fsp3) is 0.450. The molecule has 0 amide bonds. The minimum absolute atomic E-state index is 0. The van der Waals surface area contributed by atoms with Crippen molar-refractivity contribution < 1.29 is 4.74 Å². The van der Waals surface area contributed by atoms with Gasteiger partial charge in [0.15, 0.2) is 5.96 Å². The van der Waals surface area contributed by atoms with Gasteiger partial charge in [0, 0.05) is 19.1 Å². The Morgan fingerprint density at radius 2 is 1.84 bits per heavy atom. The van der Waals surface area contributed by atoms with Crippen LogP contribution in [0.15, 0.2) is 41.4 Å². The summed E-state index contributed by atoms with van der Waals surface area (Å²) in [6.45, 7) is 7.24. The second kappa shape index (κ2) is 9.27. The predicted octanol–water partition coefficient (Wildman–Crippen LogP) is 4.42. The fourth-order valence-corrected chi connectivity index (χ4v) is 3.39. The van der Waals surface area contributed by atoms with E-state index in [0.717, 1.165) is 44.2 Å². The quantitative estimate of drug-likeness (QED) is 0.659. The zero-order chi connectivity index (χ0) is 16.9. The topological polar surface area (TPSA) is 36.9 Å². The molecule has 0 bridgehead atoms. The van der Waals surface area contributed by atoms with Crippen LogP contribution >= 0.6 is 24.0 Å². The summed E-state index contributed by atoms with van der Waals surface area (Å²) in [4.78, 5) is 7.07. The van der Waals surface area contributed by atoms with Crippen LogP contribution in [0.5, 0.6) is 5.75 Å². The Labute approximate surface area is 167 Å². The summed E-state index contributed by atoms with van der Waals surface area (Å²) in [5.41, 5.74) is 1.27. The number of ether oxygens (including phenoxy) is 1. The molecule has 4 nitrogen and oxygen atoms in total. The maximum Gasteiger partial charge on any atom is 0.194 e. The van der Waals surface area contributed by atoms with Crippen molar-refractivity contribution in [3.05, 3.63) is 42.0 Å². The van der Waals surface area contributed by atoms with Gasteiger partial charge in [0.1, 0.15) is 5.75 Å². The molecule has 1 aliphatic rings. The smallest absolute Gasteiger partial charge is 0.194 e. The van der Waals surface area contributed by atoms with Gasteiger partial charge in [0.2, 0.25) is 0 Å². The number of fused-ring (bicyclic) bond motifs is 1. The first-order chi connectivity index (χ1) is 11.7. The number of nitrogens with zero attached hydrogens (tertiary/aromatic N) is 2. The Morgan fingerprint density at radius 1 is 1.12 bits per heavy atom. The molecule has 5 heteroatoms. The van der Waals surface area contributed by atoms with Crippen LogP contribution in [0, 0.1) is 0 Å². The largest absolute Gasteiger partial charge is 0.497 e. The van der Waals surface area contributed by atoms with E-state index in [1.807, 2.05) is 6.07 Å². The number of methoxy groups -OCH3 is 1. The van der Waals surface area contributed by atoms with Crippen LogP contribution in [0.4, 0.5) is 0 Å². The summed E-state index contributed by atoms with van der Waals surface area (Å²) >= 11 is 0. The zero-order valence-electron chi connectivity index (χ0n) is 15.3. The van der Waals surface area contributed by atoms with Gasteiger partial charge in [-0.3, -0.25) is 4.99 Å². The van der Waals surface area contributed by atoms with Crippen molar-refractivity contribution in [1.29, 1.82) is 0 Å². The number of hydrogen-bond acceptors (Lipinski definition) is 4. The molecule has 1 aliphatic heterocycles. The van der Waals surface area contributed by atoms with Crippen LogP contribution in [0.3, 0.4) is 0 Å². The van der Waals surface area contributed by atoms with Crippen LogP contribution in [-0.2, 0) is 6.54 Å². The first-order valence-corrected chi connectivity index (χ1v) is 8.86. The molecule has 0 fully saturated rings. The van der Waals surface area contributed by atoms with Crippen molar-refractivity contribution in [2.75, 3.05) is 20.2 Å². The van der Waals surface area contributed by atoms with E-state index in [1.54, 1.807) is 7.11 Å². The van der Waals surface area contributed by atoms with Gasteiger partial charge in [-0.15, -0.1) is 24.0 Å². The number of rotatable bonds is 6. The highest BCUT2D eigenvalue weighted by Crippen LogP contribution is 2.22. The predicted molar refractivity (Wildman–Crippen MR) is 116 cm³/mol. The van der Waals surface area contributed by atoms with Crippen LogP contribution in [0.25, 0.3) is 10.8 Å². The molecule has 0 aliphatic carbocycles. The monoisotopic (exact) mass is 453 g/mol. The average Bonchev–Trinajstić information content (AvgIpc) is 3.09. The van der Waals surface area contributed by atoms with E-state index in [-0.39, 0.29) is 24.0 Å². The lowest BCUT2D eigenvalue weighted by Gasteiger charge is -2.29. The average molecular weight is 453 g/mol. The highest BCUT2D eigenvalue weighted by Gasteiger charge is 2.22. The Bertz CT molecular complexity index is 728. The van der Waals surface area contributed by atoms with Gasteiger partial charge in [-0.05, 0) is 47.4 Å². The van der Waals surface area contributed by atoms with Gasteiger partial charge in [-0.2, -0.15) is 0 Å². The maximum absolute atomic E-state index is 5.29. The molecule has 3 rings (SSSR count). The van der Waals surface area contributed by atoms with E-state index in [1.165, 1.54) is 16.3 Å². The second-order valence-corrected chi connectivity index (χ2v) is 6.27. The molecule has 136 valence electrons. The molecular formula is C20H28IN3O. The second-order valence-electron chi connectivity index (χ2n) is 6.27. The van der Waals surface area contributed by atoms with Crippen molar-refractivity contribution >= 4 is 40.7 Å². The molecule has 0 unspecified atom stereocenters. The highest BCUT2D eigenvalue weighted by atomic mass is 127. The van der Waals surface area contributed by atoms with Crippen molar-refractivity contribution in [3.8, 4) is 5.75 Å². The summed E-state index contributed by atoms with van der Waals surface area (Å²) in [6, 6.07) is 13.3. The Morgan fingerprint density at radius 3 is 2.56 bits per heavy atom. The molecule has 0 spiro atoms. The first kappa shape index (κ1) is 19.8. The van der Waals surface area contributed by atoms with Crippen molar-refractivity contribution in [2.45, 2.75) is 39.3 Å². The summed E-state index contributed by atoms with van der Waals surface area (Å²) in [6.07, 6.45) is 2.32. The molecule has 0 saturated heterocycles. The van der Waals surface area contributed by atoms with E-state index in [9.17, 15) is 0 Å². The summed E-state index contributed by atoms with van der Waals surface area (Å²) in [7, 11) is 1.70. The van der Waals surface area contributed by atoms with Crippen LogP contribution < -0.4 is 10.1 Å². The first-order valence-electron chi connectivity index (χ1n) is 8.86. The molecule has 1 heterocycles. The number of benzene rings is 2. The molecule has 0 saturated carbocycles. The van der Waals surface area contributed by atoms with Gasteiger partial charge >= 0.3 is 0 Å². The van der Waals surface area contributed by atoms with Crippen molar-refractivity contribution in [2.24, 2.45) is 4.99 Å². The molecular weight excluding hydrogens is 425 g/mol. The van der Waals surface area contributed by atoms with Gasteiger partial charge in [-0.1, -0.05) is 32.0 Å². The number of halogens is 1. The molecule has 0 radical (unpaired) electrons. The minimum Gasteiger partial charge on any atom is -0.497 e. The van der Waals surface area contributed by atoms with Crippen LogP contribution in [0.1, 0.15) is 32.3 Å². The normalized spacial score (nSPS) is 13.8. The minimum atomic E-state index is 0. The number of hydrogen-bond donors (Lipinski definition) is 1. The Hall–Kier alpha value is -1.50. The number of aliphatic imine (C=N–C) groups is 1. The number of guanidine groups is 1. The molecule has 2 aromatic rings. The molecule has 25 heavy (non-hydrogen) atoms. The van der Waals surface area contributed by atoms with Gasteiger partial charge in [0.05, 0.1) is 13.7 Å². The van der Waals surface area contributed by atoms with Gasteiger partial charge < -0.3 is 15.0 Å². The van der Waals surface area contributed by atoms with E-state index in [4.69, 9.17) is 4.74 Å². The lowest BCUT2D eigenvalue weighted by atomic mass is 10.1. The van der Waals surface area contributed by atoms with E-state index in [2.05, 4.69) is 59.4 Å². The molecule has 2 aromatic carbocycles. The third-order valence-electron chi connectivity index (χ3n) is 4.82. The lowest BCUT2D eigenvalue weighted by molar-refractivity contribution is 0.309. The SMILES string of the molecule is CCC(CC)N1CCN=C1NCc1ccc2cc(OC)ccc2c1.I. The van der Waals surface area contributed by atoms with Crippen LogP contribution in [-0.4, -0.2) is 37.1 Å². The van der Waals surface area contributed by atoms with E-state index < -0.39 is 0 Å². The van der Waals surface area contributed by atoms with E-state index >= 15 is 0 Å². The van der Waals surface area contributed by atoms with Crippen molar-refractivity contribution in [3.63, 3.8) is 0 Å². The third kappa shape index (κ3) is 4.57. The third-order valence-corrected chi connectivity index (χ3v) is 4.82. The van der Waals surface area contributed by atoms with Crippen LogP contribution in [0.2, 0.25) is 0 Å². The Kier molecular flexibility index (Phi) is 7.35. The highest BCUT2D eigenvalue weighted by molar-refractivity contribution is 14.0. The summed E-state index contributed by atoms with van der Waals surface area (Å²) in [5, 5.41) is 5.98. The fourth-order valence-electron chi connectivity index (χ4n) is 3.39. The maximum atomic E-state index is 5.29. The summed E-state index contributed by atoms with van der Waals surface area (Å²) in [5.74, 6) is 1.95. The standard InChI is InChI=1S/C20H27N3O.HI/c1-4-18(5-2)23-11-10-21-20(23)22-14-15-6-7-17-13-19(24-3)9-8-16(17)12-15;/h6-9,12-13,18H,4-5,10-11,14H2,1-3H3,(H,21,22);1H. The van der Waals surface area contributed by atoms with E-state index in [0.29, 0.717) is 6.04 Å². The zero-order valence-corrected chi connectivity index (χ0v) is 17.6. The molecule has 0 atom stereocenters. The summed E-state index contributed by atoms with van der Waals surface area (Å²) < 4.78 is 5.29.